The minimum atomic E-state index is -0.872. The molecule has 138 valence electrons. The van der Waals surface area contributed by atoms with E-state index in [2.05, 4.69) is 5.32 Å². The Kier molecular flexibility index (Phi) is 5.07. The molecule has 27 heavy (non-hydrogen) atoms. The van der Waals surface area contributed by atoms with Gasteiger partial charge in [0.1, 0.15) is 22.8 Å². The van der Waals surface area contributed by atoms with Crippen LogP contribution in [0.3, 0.4) is 0 Å². The normalized spacial score (nSPS) is 16.1. The predicted octanol–water partition coefficient (Wildman–Crippen LogP) is 2.52. The van der Waals surface area contributed by atoms with Crippen molar-refractivity contribution >= 4 is 29.6 Å². The molecule has 2 heterocycles. The average Bonchev–Trinajstić information content (AvgIpc) is 3.17. The van der Waals surface area contributed by atoms with Crippen LogP contribution in [0.2, 0.25) is 0 Å². The Bertz CT molecular complexity index is 943. The largest absolute Gasteiger partial charge is 0.497 e. The van der Waals surface area contributed by atoms with Crippen molar-refractivity contribution in [2.45, 2.75) is 0 Å². The molecule has 1 aromatic heterocycles. The number of carbonyl (C=O) groups excluding carboxylic acids is 3. The summed E-state index contributed by atoms with van der Waals surface area (Å²) >= 11 is 0. The van der Waals surface area contributed by atoms with Gasteiger partial charge in [-0.1, -0.05) is 6.08 Å². The molecular formula is C19H16N2O6. The summed E-state index contributed by atoms with van der Waals surface area (Å²) in [6.07, 6.45) is 5.88. The van der Waals surface area contributed by atoms with Gasteiger partial charge in [0.2, 0.25) is 0 Å². The van der Waals surface area contributed by atoms with Gasteiger partial charge in [-0.2, -0.15) is 0 Å². The van der Waals surface area contributed by atoms with Crippen molar-refractivity contribution in [3.05, 3.63) is 60.1 Å². The number of anilines is 1. The number of imide groups is 2. The molecule has 8 nitrogen and oxygen atoms in total. The molecule has 0 saturated carbocycles. The lowest BCUT2D eigenvalue weighted by atomic mass is 10.1. The Balaban J connectivity index is 1.98. The minimum absolute atomic E-state index is 0.160. The van der Waals surface area contributed by atoms with E-state index in [1.165, 1.54) is 38.7 Å². The summed E-state index contributed by atoms with van der Waals surface area (Å²) in [5.74, 6) is -0.310. The predicted molar refractivity (Wildman–Crippen MR) is 96.4 cm³/mol. The topological polar surface area (TPSA) is 98.1 Å². The third-order valence-electron chi connectivity index (χ3n) is 3.80. The molecular weight excluding hydrogens is 352 g/mol. The molecule has 4 amide bonds. The lowest BCUT2D eigenvalue weighted by Crippen LogP contribution is -2.54. The highest BCUT2D eigenvalue weighted by Crippen LogP contribution is 2.34. The quantitative estimate of drug-likeness (QED) is 0.643. The molecule has 8 heteroatoms. The van der Waals surface area contributed by atoms with E-state index in [0.29, 0.717) is 11.5 Å². The molecule has 0 atom stereocenters. The summed E-state index contributed by atoms with van der Waals surface area (Å²) in [7, 11) is 2.86. The molecule has 1 aromatic carbocycles. The first-order chi connectivity index (χ1) is 13.0. The Morgan fingerprint density at radius 2 is 1.93 bits per heavy atom. The van der Waals surface area contributed by atoms with Crippen molar-refractivity contribution in [3.8, 4) is 11.5 Å². The number of allylic oxidation sites excluding steroid dienone is 2. The summed E-state index contributed by atoms with van der Waals surface area (Å²) in [6.45, 7) is 0. The highest BCUT2D eigenvalue weighted by molar-refractivity contribution is 6.38. The molecule has 0 unspecified atom stereocenters. The van der Waals surface area contributed by atoms with Crippen molar-refractivity contribution in [1.82, 2.24) is 5.32 Å². The number of benzene rings is 1. The Morgan fingerprint density at radius 1 is 1.11 bits per heavy atom. The zero-order chi connectivity index (χ0) is 19.4. The van der Waals surface area contributed by atoms with Crippen LogP contribution in [0.15, 0.2) is 58.7 Å². The van der Waals surface area contributed by atoms with Crippen LogP contribution < -0.4 is 19.7 Å². The van der Waals surface area contributed by atoms with E-state index >= 15 is 0 Å². The zero-order valence-corrected chi connectivity index (χ0v) is 14.6. The smallest absolute Gasteiger partial charge is 0.336 e. The third-order valence-corrected chi connectivity index (χ3v) is 3.80. The maximum atomic E-state index is 12.8. The van der Waals surface area contributed by atoms with Gasteiger partial charge in [-0.05, 0) is 36.4 Å². The van der Waals surface area contributed by atoms with Crippen LogP contribution in [-0.2, 0) is 9.59 Å². The van der Waals surface area contributed by atoms with Crippen LogP contribution in [0.1, 0.15) is 5.76 Å². The van der Waals surface area contributed by atoms with Crippen LogP contribution >= 0.6 is 0 Å². The van der Waals surface area contributed by atoms with E-state index in [0.717, 1.165) is 4.90 Å². The van der Waals surface area contributed by atoms with Crippen LogP contribution in [0, 0.1) is 0 Å². The molecule has 0 bridgehead atoms. The monoisotopic (exact) mass is 368 g/mol. The van der Waals surface area contributed by atoms with Gasteiger partial charge in [0, 0.05) is 6.07 Å². The highest BCUT2D eigenvalue weighted by atomic mass is 16.5. The molecule has 0 spiro atoms. The lowest BCUT2D eigenvalue weighted by molar-refractivity contribution is -0.122. The average molecular weight is 368 g/mol. The van der Waals surface area contributed by atoms with Crippen molar-refractivity contribution in [3.63, 3.8) is 0 Å². The molecule has 3 rings (SSSR count). The maximum absolute atomic E-state index is 12.8. The van der Waals surface area contributed by atoms with Crippen LogP contribution in [0.25, 0.3) is 6.08 Å². The number of nitrogens with zero attached hydrogens (tertiary/aromatic N) is 1. The van der Waals surface area contributed by atoms with E-state index in [1.54, 1.807) is 30.3 Å². The summed E-state index contributed by atoms with van der Waals surface area (Å²) < 4.78 is 15.5. The van der Waals surface area contributed by atoms with Crippen LogP contribution in [0.4, 0.5) is 10.5 Å². The molecule has 2 aromatic rings. The number of carbonyl (C=O) groups is 3. The first kappa shape index (κ1) is 18.0. The first-order valence-corrected chi connectivity index (χ1v) is 7.89. The standard InChI is InChI=1S/C19H16N2O6/c1-25-13-8-9-16(26-2)15(11-13)21-18(23)14(17(22)20-19(21)24)7-3-5-12-6-4-10-27-12/h3-11H,1-2H3,(H,20,22,24)/b5-3+,14-7-. The Morgan fingerprint density at radius 3 is 2.59 bits per heavy atom. The van der Waals surface area contributed by atoms with Gasteiger partial charge in [0.05, 0.1) is 26.2 Å². The molecule has 1 aliphatic rings. The van der Waals surface area contributed by atoms with Gasteiger partial charge in [0.15, 0.2) is 0 Å². The van der Waals surface area contributed by atoms with Gasteiger partial charge >= 0.3 is 6.03 Å². The Hall–Kier alpha value is -3.81. The number of hydrogen-bond donors (Lipinski definition) is 1. The summed E-state index contributed by atoms with van der Waals surface area (Å²) in [5.41, 5.74) is -0.0463. The second-order valence-electron chi connectivity index (χ2n) is 5.39. The van der Waals surface area contributed by atoms with Gasteiger partial charge in [-0.25, -0.2) is 9.69 Å². The van der Waals surface area contributed by atoms with E-state index in [-0.39, 0.29) is 17.0 Å². The summed E-state index contributed by atoms with van der Waals surface area (Å²) in [6, 6.07) is 7.22. The van der Waals surface area contributed by atoms with E-state index in [1.807, 2.05) is 0 Å². The first-order valence-electron chi connectivity index (χ1n) is 7.89. The fourth-order valence-corrected chi connectivity index (χ4v) is 2.49. The maximum Gasteiger partial charge on any atom is 0.336 e. The number of hydrogen-bond acceptors (Lipinski definition) is 6. The number of rotatable bonds is 5. The molecule has 1 N–H and O–H groups in total. The van der Waals surface area contributed by atoms with Crippen LogP contribution in [-0.4, -0.2) is 32.1 Å². The van der Waals surface area contributed by atoms with Crippen LogP contribution in [0.5, 0.6) is 11.5 Å². The van der Waals surface area contributed by atoms with Crippen molar-refractivity contribution in [2.75, 3.05) is 19.1 Å². The second-order valence-corrected chi connectivity index (χ2v) is 5.39. The number of methoxy groups -OCH3 is 2. The molecule has 1 fully saturated rings. The van der Waals surface area contributed by atoms with Crippen molar-refractivity contribution < 1.29 is 28.3 Å². The molecule has 0 radical (unpaired) electrons. The fourth-order valence-electron chi connectivity index (χ4n) is 2.49. The van der Waals surface area contributed by atoms with Gasteiger partial charge in [-0.3, -0.25) is 14.9 Å². The van der Waals surface area contributed by atoms with Gasteiger partial charge in [-0.15, -0.1) is 0 Å². The number of amides is 4. The number of nitrogens with one attached hydrogen (secondary N) is 1. The van der Waals surface area contributed by atoms with E-state index in [9.17, 15) is 14.4 Å². The number of urea groups is 1. The van der Waals surface area contributed by atoms with E-state index < -0.39 is 17.8 Å². The number of ether oxygens (including phenoxy) is 2. The summed E-state index contributed by atoms with van der Waals surface area (Å²) in [5, 5.41) is 2.15. The van der Waals surface area contributed by atoms with Gasteiger partial charge in [0.25, 0.3) is 11.8 Å². The summed E-state index contributed by atoms with van der Waals surface area (Å²) in [4.78, 5) is 38.1. The minimum Gasteiger partial charge on any atom is -0.497 e. The van der Waals surface area contributed by atoms with E-state index in [4.69, 9.17) is 13.9 Å². The SMILES string of the molecule is COc1ccc(OC)c(N2C(=O)NC(=O)/C(=C/C=C/c3ccco3)C2=O)c1. The van der Waals surface area contributed by atoms with Crippen molar-refractivity contribution in [1.29, 1.82) is 0 Å². The number of barbiturate groups is 1. The molecule has 1 saturated heterocycles. The zero-order valence-electron chi connectivity index (χ0n) is 14.6. The Labute approximate surface area is 154 Å². The highest BCUT2D eigenvalue weighted by Gasteiger charge is 2.38. The van der Waals surface area contributed by atoms with Gasteiger partial charge < -0.3 is 13.9 Å². The fraction of sp³-hybridized carbons (Fsp3) is 0.105. The second kappa shape index (κ2) is 7.61. The molecule has 1 aliphatic heterocycles. The number of furan rings is 1. The van der Waals surface area contributed by atoms with Crippen molar-refractivity contribution in [2.24, 2.45) is 0 Å². The lowest BCUT2D eigenvalue weighted by Gasteiger charge is -2.27. The molecule has 0 aliphatic carbocycles. The third kappa shape index (κ3) is 3.59.